The van der Waals surface area contributed by atoms with Crippen molar-refractivity contribution < 1.29 is 9.59 Å². The maximum Gasteiger partial charge on any atom is 0.266 e. The van der Waals surface area contributed by atoms with Gasteiger partial charge in [0.1, 0.15) is 9.88 Å². The van der Waals surface area contributed by atoms with Gasteiger partial charge in [-0.15, -0.1) is 17.9 Å². The number of piperazine rings is 1. The first-order chi connectivity index (χ1) is 15.7. The summed E-state index contributed by atoms with van der Waals surface area (Å²) in [6.07, 6.45) is 1.66. The van der Waals surface area contributed by atoms with Gasteiger partial charge in [0.05, 0.1) is 12.2 Å². The number of nitrogens with one attached hydrogen (secondary N) is 1. The average Bonchev–Trinajstić information content (AvgIpc) is 3.29. The van der Waals surface area contributed by atoms with Crippen LogP contribution in [0, 0.1) is 0 Å². The molecule has 164 valence electrons. The second-order valence-corrected chi connectivity index (χ2v) is 8.59. The summed E-state index contributed by atoms with van der Waals surface area (Å²) >= 11 is 1.44. The van der Waals surface area contributed by atoms with Gasteiger partial charge in [0.25, 0.3) is 5.91 Å². The number of benzene rings is 2. The SMILES string of the molecule is C=CCNC(=O)CN1CCN(C(=O)c2sc(-c3ccccc3)nc2-c2ccccc2)CC1. The topological polar surface area (TPSA) is 65.5 Å². The van der Waals surface area contributed by atoms with Gasteiger partial charge in [-0.05, 0) is 0 Å². The van der Waals surface area contributed by atoms with Crippen molar-refractivity contribution in [2.75, 3.05) is 39.3 Å². The molecule has 0 bridgehead atoms. The Morgan fingerprint density at radius 2 is 1.59 bits per heavy atom. The van der Waals surface area contributed by atoms with E-state index >= 15 is 0 Å². The maximum absolute atomic E-state index is 13.5. The Kier molecular flexibility index (Phi) is 7.09. The Morgan fingerprint density at radius 3 is 2.22 bits per heavy atom. The minimum Gasteiger partial charge on any atom is -0.352 e. The summed E-state index contributed by atoms with van der Waals surface area (Å²) in [6.45, 7) is 6.91. The highest BCUT2D eigenvalue weighted by Crippen LogP contribution is 2.34. The average molecular weight is 447 g/mol. The van der Waals surface area contributed by atoms with Crippen molar-refractivity contribution in [1.29, 1.82) is 0 Å². The number of amides is 2. The van der Waals surface area contributed by atoms with Crippen LogP contribution in [0.1, 0.15) is 9.67 Å². The summed E-state index contributed by atoms with van der Waals surface area (Å²) in [4.78, 5) is 34.9. The second-order valence-electron chi connectivity index (χ2n) is 7.59. The lowest BCUT2D eigenvalue weighted by Gasteiger charge is -2.34. The van der Waals surface area contributed by atoms with Gasteiger partial charge in [-0.1, -0.05) is 66.7 Å². The van der Waals surface area contributed by atoms with Gasteiger partial charge in [-0.25, -0.2) is 4.98 Å². The molecule has 4 rings (SSSR count). The molecule has 1 aliphatic heterocycles. The number of hydrogen-bond acceptors (Lipinski definition) is 5. The molecule has 0 aliphatic carbocycles. The lowest BCUT2D eigenvalue weighted by Crippen LogP contribution is -2.51. The predicted octanol–water partition coefficient (Wildman–Crippen LogP) is 3.54. The van der Waals surface area contributed by atoms with E-state index in [1.807, 2.05) is 65.6 Å². The van der Waals surface area contributed by atoms with Gasteiger partial charge in [0, 0.05) is 43.9 Å². The quantitative estimate of drug-likeness (QED) is 0.564. The molecule has 2 amide bonds. The third-order valence-electron chi connectivity index (χ3n) is 5.36. The summed E-state index contributed by atoms with van der Waals surface area (Å²) in [6, 6.07) is 19.8. The monoisotopic (exact) mass is 446 g/mol. The van der Waals surface area contributed by atoms with Crippen molar-refractivity contribution in [1.82, 2.24) is 20.1 Å². The van der Waals surface area contributed by atoms with Crippen molar-refractivity contribution in [3.05, 3.63) is 78.2 Å². The van der Waals surface area contributed by atoms with E-state index in [1.165, 1.54) is 11.3 Å². The van der Waals surface area contributed by atoms with Gasteiger partial charge in [-0.2, -0.15) is 0 Å². The molecule has 7 heteroatoms. The molecular formula is C25H26N4O2S. The smallest absolute Gasteiger partial charge is 0.266 e. The molecule has 3 aromatic rings. The van der Waals surface area contributed by atoms with E-state index in [4.69, 9.17) is 4.98 Å². The molecule has 0 atom stereocenters. The summed E-state index contributed by atoms with van der Waals surface area (Å²) in [5, 5.41) is 3.64. The highest BCUT2D eigenvalue weighted by atomic mass is 32.1. The highest BCUT2D eigenvalue weighted by molar-refractivity contribution is 7.17. The zero-order valence-corrected chi connectivity index (χ0v) is 18.7. The number of nitrogens with zero attached hydrogens (tertiary/aromatic N) is 3. The minimum atomic E-state index is -0.0222. The van der Waals surface area contributed by atoms with Crippen LogP contribution >= 0.6 is 11.3 Å². The number of carbonyl (C=O) groups is 2. The van der Waals surface area contributed by atoms with Crippen molar-refractivity contribution in [3.8, 4) is 21.8 Å². The van der Waals surface area contributed by atoms with Crippen molar-refractivity contribution in [2.45, 2.75) is 0 Å². The van der Waals surface area contributed by atoms with Crippen LogP contribution in [-0.2, 0) is 4.79 Å². The predicted molar refractivity (Wildman–Crippen MR) is 129 cm³/mol. The molecule has 0 radical (unpaired) electrons. The van der Waals surface area contributed by atoms with Crippen LogP contribution in [-0.4, -0.2) is 65.9 Å². The molecule has 1 fully saturated rings. The van der Waals surface area contributed by atoms with E-state index in [-0.39, 0.29) is 11.8 Å². The van der Waals surface area contributed by atoms with E-state index in [2.05, 4.69) is 16.8 Å². The Hall–Kier alpha value is -3.29. The van der Waals surface area contributed by atoms with Crippen LogP contribution in [0.2, 0.25) is 0 Å². The Bertz CT molecular complexity index is 1070. The molecule has 1 aromatic heterocycles. The molecule has 1 N–H and O–H groups in total. The zero-order valence-electron chi connectivity index (χ0n) is 17.9. The van der Waals surface area contributed by atoms with Gasteiger partial charge >= 0.3 is 0 Å². The molecule has 0 unspecified atom stereocenters. The third kappa shape index (κ3) is 5.12. The highest BCUT2D eigenvalue weighted by Gasteiger charge is 2.28. The van der Waals surface area contributed by atoms with E-state index < -0.39 is 0 Å². The normalized spacial score (nSPS) is 14.2. The lowest BCUT2D eigenvalue weighted by molar-refractivity contribution is -0.122. The largest absolute Gasteiger partial charge is 0.352 e. The first kappa shape index (κ1) is 21.9. The third-order valence-corrected chi connectivity index (χ3v) is 6.45. The van der Waals surface area contributed by atoms with E-state index in [9.17, 15) is 9.59 Å². The molecule has 2 aromatic carbocycles. The summed E-state index contributed by atoms with van der Waals surface area (Å²) in [5.74, 6) is -0.0229. The first-order valence-corrected chi connectivity index (χ1v) is 11.5. The summed E-state index contributed by atoms with van der Waals surface area (Å²) in [7, 11) is 0. The van der Waals surface area contributed by atoms with Gasteiger partial charge < -0.3 is 10.2 Å². The van der Waals surface area contributed by atoms with Crippen molar-refractivity contribution in [3.63, 3.8) is 0 Å². The van der Waals surface area contributed by atoms with Gasteiger partial charge in [-0.3, -0.25) is 14.5 Å². The maximum atomic E-state index is 13.5. The molecule has 1 aliphatic rings. The first-order valence-electron chi connectivity index (χ1n) is 10.7. The van der Waals surface area contributed by atoms with Crippen molar-refractivity contribution >= 4 is 23.2 Å². The van der Waals surface area contributed by atoms with Crippen LogP contribution in [0.15, 0.2) is 73.3 Å². The lowest BCUT2D eigenvalue weighted by atomic mass is 10.1. The fourth-order valence-corrected chi connectivity index (χ4v) is 4.72. The van der Waals surface area contributed by atoms with E-state index in [0.29, 0.717) is 44.1 Å². The second kappa shape index (κ2) is 10.3. The number of carbonyl (C=O) groups excluding carboxylic acids is 2. The molecule has 32 heavy (non-hydrogen) atoms. The minimum absolute atomic E-state index is 0.000655. The standard InChI is InChI=1S/C25H26N4O2S/c1-2-13-26-21(30)18-28-14-16-29(17-15-28)25(31)23-22(19-9-5-3-6-10-19)27-24(32-23)20-11-7-4-8-12-20/h2-12H,1,13-18H2,(H,26,30). The number of hydrogen-bond donors (Lipinski definition) is 1. The number of thiazole rings is 1. The fourth-order valence-electron chi connectivity index (χ4n) is 3.66. The fraction of sp³-hybridized carbons (Fsp3) is 0.240. The van der Waals surface area contributed by atoms with Crippen LogP contribution in [0.3, 0.4) is 0 Å². The van der Waals surface area contributed by atoms with Crippen LogP contribution in [0.4, 0.5) is 0 Å². The van der Waals surface area contributed by atoms with Crippen LogP contribution in [0.25, 0.3) is 21.8 Å². The van der Waals surface area contributed by atoms with Gasteiger partial charge in [0.2, 0.25) is 5.91 Å². The number of rotatable bonds is 7. The van der Waals surface area contributed by atoms with Crippen LogP contribution in [0.5, 0.6) is 0 Å². The molecule has 0 saturated carbocycles. The zero-order chi connectivity index (χ0) is 22.3. The van der Waals surface area contributed by atoms with E-state index in [1.54, 1.807) is 6.08 Å². The summed E-state index contributed by atoms with van der Waals surface area (Å²) < 4.78 is 0. The summed E-state index contributed by atoms with van der Waals surface area (Å²) in [5.41, 5.74) is 2.67. The molecule has 2 heterocycles. The van der Waals surface area contributed by atoms with Crippen molar-refractivity contribution in [2.24, 2.45) is 0 Å². The molecule has 6 nitrogen and oxygen atoms in total. The van der Waals surface area contributed by atoms with E-state index in [0.717, 1.165) is 21.8 Å². The Morgan fingerprint density at radius 1 is 0.969 bits per heavy atom. The molecular weight excluding hydrogens is 420 g/mol. The van der Waals surface area contributed by atoms with Gasteiger partial charge in [0.15, 0.2) is 0 Å². The Labute approximate surface area is 192 Å². The molecule has 0 spiro atoms. The van der Waals surface area contributed by atoms with Crippen LogP contribution < -0.4 is 5.32 Å². The number of aromatic nitrogens is 1. The molecule has 1 saturated heterocycles. The Balaban J connectivity index is 1.51.